The van der Waals surface area contributed by atoms with Crippen LogP contribution in [0.3, 0.4) is 0 Å². The first-order valence-electron chi connectivity index (χ1n) is 31.4. The number of carbonyl (C=O) groups excluding carboxylic acids is 3. The number of amides is 1. The predicted molar refractivity (Wildman–Crippen MR) is 314 cm³/mol. The van der Waals surface area contributed by atoms with Gasteiger partial charge in [0.25, 0.3) is 0 Å². The largest absolute Gasteiger partial charge is 0.504 e. The lowest BCUT2D eigenvalue weighted by Crippen LogP contribution is -2.65. The highest BCUT2D eigenvalue weighted by Gasteiger charge is 2.60. The standard InChI is InChI=1S/C63H97N5O10S2/c1-41(20-31-68-32-29-65-30-33-68)10-9-26-66-50-38-79-80-40-60(3,75)36-44-12-8-11-43-34-48-49(61(39-69)21-6-7-22-61)37-76-58-52(72)18-16-47(56(48)58)57(43)62(24-27-64-28-25-62)54(35-53(77-42(2)70)46(44)15-17-51(50)71)78-59(74)63-23-5-4-13-45(63)14-19-55(73)67-63/h16,18,41,43-46,48-51,53-54,57,64-66,69,71-72,75H,4-7,9-10,12-15,17,19-40H2,1-3H3,(H,67,73). The van der Waals surface area contributed by atoms with Gasteiger partial charge in [0.15, 0.2) is 11.5 Å². The van der Waals surface area contributed by atoms with E-state index in [1.807, 2.05) is 6.92 Å². The van der Waals surface area contributed by atoms with Crippen LogP contribution < -0.4 is 26.0 Å². The fraction of sp³-hybridized carbons (Fsp3) is 0.825. The second kappa shape index (κ2) is 26.6. The van der Waals surface area contributed by atoms with Crippen LogP contribution in [0.1, 0.15) is 179 Å². The molecule has 2 saturated carbocycles. The van der Waals surface area contributed by atoms with Crippen LogP contribution in [0.4, 0.5) is 0 Å². The monoisotopic (exact) mass is 1150 g/mol. The molecule has 8 N–H and O–H groups in total. The average molecular weight is 1150 g/mol. The van der Waals surface area contributed by atoms with Crippen LogP contribution >= 0.6 is 21.6 Å². The number of hydrogen-bond acceptors (Lipinski definition) is 16. The highest BCUT2D eigenvalue weighted by atomic mass is 33.1. The number of piperazine rings is 1. The van der Waals surface area contributed by atoms with Gasteiger partial charge in [-0.1, -0.05) is 66.2 Å². The molecule has 80 heavy (non-hydrogen) atoms. The molecule has 1 spiro atoms. The highest BCUT2D eigenvalue weighted by molar-refractivity contribution is 8.76. The molecule has 17 heteroatoms. The molecular weight excluding hydrogens is 1050 g/mol. The molecule has 0 aromatic heterocycles. The van der Waals surface area contributed by atoms with Crippen LogP contribution in [0.15, 0.2) is 12.1 Å². The minimum atomic E-state index is -1.18. The highest BCUT2D eigenvalue weighted by Crippen LogP contribution is 2.65. The van der Waals surface area contributed by atoms with Gasteiger partial charge in [0.05, 0.1) is 18.3 Å². The Balaban J connectivity index is 1.04. The molecule has 15 nitrogen and oxygen atoms in total. The van der Waals surface area contributed by atoms with Gasteiger partial charge in [-0.25, -0.2) is 4.79 Å². The van der Waals surface area contributed by atoms with Gasteiger partial charge in [-0.2, -0.15) is 0 Å². The summed E-state index contributed by atoms with van der Waals surface area (Å²) in [6.07, 6.45) is 12.7. The second-order valence-electron chi connectivity index (χ2n) is 26.8. The van der Waals surface area contributed by atoms with Crippen molar-refractivity contribution >= 4 is 39.4 Å². The number of carbonyl (C=O) groups is 3. The molecule has 14 atom stereocenters. The normalized spacial score (nSPS) is 36.9. The lowest BCUT2D eigenvalue weighted by Gasteiger charge is -2.56. The van der Waals surface area contributed by atoms with E-state index in [0.717, 1.165) is 108 Å². The maximum atomic E-state index is 15.8. The number of benzene rings is 1. The van der Waals surface area contributed by atoms with Crippen molar-refractivity contribution in [1.29, 1.82) is 0 Å². The molecule has 1 amide bonds. The number of hydrogen-bond donors (Lipinski definition) is 8. The lowest BCUT2D eigenvalue weighted by molar-refractivity contribution is -0.183. The maximum Gasteiger partial charge on any atom is 0.332 e. The zero-order valence-electron chi connectivity index (χ0n) is 48.4. The van der Waals surface area contributed by atoms with Gasteiger partial charge in [-0.3, -0.25) is 9.59 Å². The molecule has 5 heterocycles. The van der Waals surface area contributed by atoms with Crippen molar-refractivity contribution in [2.45, 2.75) is 203 Å². The van der Waals surface area contributed by atoms with E-state index in [4.69, 9.17) is 14.2 Å². The average Bonchev–Trinajstić information content (AvgIpc) is 2.25. The van der Waals surface area contributed by atoms with Gasteiger partial charge < -0.3 is 60.8 Å². The molecule has 1 aromatic carbocycles. The van der Waals surface area contributed by atoms with Gasteiger partial charge in [0, 0.05) is 117 Å². The Morgan fingerprint density at radius 3 is 2.51 bits per heavy atom. The van der Waals surface area contributed by atoms with Crippen LogP contribution in [0, 0.1) is 58.2 Å². The Kier molecular flexibility index (Phi) is 20.1. The molecule has 4 aliphatic carbocycles. The first kappa shape index (κ1) is 60.3. The quantitative estimate of drug-likeness (QED) is 0.0414. The Bertz CT molecular complexity index is 2350. The number of phenolic OH excluding ortho intramolecular Hbond substituents is 1. The summed E-state index contributed by atoms with van der Waals surface area (Å²) in [6.45, 7) is 13.7. The third-order valence-corrected chi connectivity index (χ3v) is 24.2. The number of fused-ring (bicyclic) bond motifs is 5. The summed E-state index contributed by atoms with van der Waals surface area (Å²) in [6, 6.07) is 3.62. The number of rotatable bonds is 13. The van der Waals surface area contributed by atoms with Crippen molar-refractivity contribution in [2.24, 2.45) is 46.3 Å². The summed E-state index contributed by atoms with van der Waals surface area (Å²) in [5, 5.41) is 62.0. The molecule has 446 valence electrons. The Morgan fingerprint density at radius 2 is 1.74 bits per heavy atom. The van der Waals surface area contributed by atoms with Crippen molar-refractivity contribution in [3.8, 4) is 23.3 Å². The molecule has 0 bridgehead atoms. The molecule has 14 unspecified atom stereocenters. The molecular formula is C63H97N5O10S2. The summed E-state index contributed by atoms with van der Waals surface area (Å²) < 4.78 is 20.8. The number of esters is 2. The SMILES string of the molecule is CC(=O)OC1CC(OC(=O)C23CCCCC2CCC(=O)N3)C2(CCNCC2)C2c3ccc(O)c4c3C(CC2C#CCC2CC(C)(O)CSSCC(NCCCC(C)CCN3CCNCC3)C(O)CCC21)C(C1(CO)CCCC1)CO4. The minimum Gasteiger partial charge on any atom is -0.504 e. The van der Waals surface area contributed by atoms with Crippen molar-refractivity contribution < 1.29 is 49.0 Å². The fourth-order valence-electron chi connectivity index (χ4n) is 17.2. The summed E-state index contributed by atoms with van der Waals surface area (Å²) in [5.74, 6) is 7.75. The first-order valence-corrected chi connectivity index (χ1v) is 33.9. The minimum absolute atomic E-state index is 0.00548. The lowest BCUT2D eigenvalue weighted by atomic mass is 9.51. The van der Waals surface area contributed by atoms with E-state index in [1.54, 1.807) is 27.7 Å². The zero-order valence-corrected chi connectivity index (χ0v) is 50.1. The van der Waals surface area contributed by atoms with Gasteiger partial charge in [0.2, 0.25) is 5.91 Å². The number of aromatic hydroxyl groups is 1. The van der Waals surface area contributed by atoms with E-state index in [2.05, 4.69) is 51.0 Å². The number of aliphatic hydroxyl groups is 3. The molecule has 9 aliphatic rings. The van der Waals surface area contributed by atoms with Gasteiger partial charge in [-0.05, 0) is 158 Å². The van der Waals surface area contributed by atoms with Crippen LogP contribution in [0.25, 0.3) is 0 Å². The van der Waals surface area contributed by atoms with Gasteiger partial charge in [-0.15, -0.1) is 5.92 Å². The van der Waals surface area contributed by atoms with Gasteiger partial charge in [0.1, 0.15) is 17.7 Å². The number of nitrogens with one attached hydrogen (secondary N) is 4. The summed E-state index contributed by atoms with van der Waals surface area (Å²) >= 11 is 0. The number of ether oxygens (including phenoxy) is 3. The van der Waals surface area contributed by atoms with Crippen LogP contribution in [-0.4, -0.2) is 156 Å². The van der Waals surface area contributed by atoms with Gasteiger partial charge >= 0.3 is 11.9 Å². The summed E-state index contributed by atoms with van der Waals surface area (Å²) in [7, 11) is 3.33. The fourth-order valence-corrected chi connectivity index (χ4v) is 20.0. The van der Waals surface area contributed by atoms with E-state index < -0.39 is 46.8 Å². The zero-order chi connectivity index (χ0) is 56.1. The predicted octanol–water partition coefficient (Wildman–Crippen LogP) is 7.57. The van der Waals surface area contributed by atoms with Crippen molar-refractivity contribution in [2.75, 3.05) is 77.1 Å². The smallest absolute Gasteiger partial charge is 0.332 e. The van der Waals surface area contributed by atoms with Crippen LogP contribution in [-0.2, 0) is 23.9 Å². The van der Waals surface area contributed by atoms with Crippen LogP contribution in [0.2, 0.25) is 0 Å². The maximum absolute atomic E-state index is 15.8. The van der Waals surface area contributed by atoms with E-state index >= 15 is 4.79 Å². The number of nitrogens with zero attached hydrogens (tertiary/aromatic N) is 1. The topological polar surface area (TPSA) is 211 Å². The Morgan fingerprint density at radius 1 is 0.963 bits per heavy atom. The van der Waals surface area contributed by atoms with Crippen molar-refractivity contribution in [1.82, 2.24) is 26.2 Å². The third kappa shape index (κ3) is 13.2. The Hall–Kier alpha value is -2.79. The van der Waals surface area contributed by atoms with E-state index in [9.17, 15) is 30.0 Å². The molecule has 4 saturated heterocycles. The number of piperidine rings is 2. The molecule has 6 fully saturated rings. The molecule has 1 aromatic rings. The molecule has 0 radical (unpaired) electrons. The molecule has 10 rings (SSSR count). The second-order valence-corrected chi connectivity index (χ2v) is 29.3. The summed E-state index contributed by atoms with van der Waals surface area (Å²) in [5.41, 5.74) is -1.38. The molecule has 5 aliphatic heterocycles. The number of aliphatic hydroxyl groups excluding tert-OH is 2. The van der Waals surface area contributed by atoms with E-state index in [0.29, 0.717) is 107 Å². The first-order chi connectivity index (χ1) is 38.6. The third-order valence-electron chi connectivity index (χ3n) is 21.6. The number of phenols is 1. The van der Waals surface area contributed by atoms with Crippen LogP contribution in [0.5, 0.6) is 11.5 Å². The van der Waals surface area contributed by atoms with E-state index in [1.165, 1.54) is 13.3 Å². The van der Waals surface area contributed by atoms with Crippen molar-refractivity contribution in [3.63, 3.8) is 0 Å². The van der Waals surface area contributed by atoms with E-state index in [-0.39, 0.29) is 77.6 Å². The summed E-state index contributed by atoms with van der Waals surface area (Å²) in [4.78, 5) is 45.7. The Labute approximate surface area is 485 Å². The van der Waals surface area contributed by atoms with Crippen molar-refractivity contribution in [3.05, 3.63) is 23.3 Å².